The van der Waals surface area contributed by atoms with Gasteiger partial charge in [0.15, 0.2) is 0 Å². The summed E-state index contributed by atoms with van der Waals surface area (Å²) in [5.74, 6) is 0.587. The quantitative estimate of drug-likeness (QED) is 0.826. The number of rotatable bonds is 6. The SMILES string of the molecule is COc1cccc(NC(=O)CNCc2ccncn2)c1. The average molecular weight is 272 g/mol. The smallest absolute Gasteiger partial charge is 0.238 e. The van der Waals surface area contributed by atoms with Crippen LogP contribution in [0.15, 0.2) is 42.9 Å². The van der Waals surface area contributed by atoms with Crippen molar-refractivity contribution in [3.8, 4) is 5.75 Å². The number of carbonyl (C=O) groups is 1. The maximum Gasteiger partial charge on any atom is 0.238 e. The van der Waals surface area contributed by atoms with Gasteiger partial charge in [-0.3, -0.25) is 4.79 Å². The van der Waals surface area contributed by atoms with E-state index in [1.807, 2.05) is 18.2 Å². The van der Waals surface area contributed by atoms with E-state index >= 15 is 0 Å². The zero-order valence-electron chi connectivity index (χ0n) is 11.2. The van der Waals surface area contributed by atoms with Crippen molar-refractivity contribution in [3.05, 3.63) is 48.5 Å². The van der Waals surface area contributed by atoms with Crippen LogP contribution in [0.25, 0.3) is 0 Å². The molecule has 0 fully saturated rings. The lowest BCUT2D eigenvalue weighted by Gasteiger charge is -2.07. The fourth-order valence-electron chi connectivity index (χ4n) is 1.63. The third-order valence-electron chi connectivity index (χ3n) is 2.59. The minimum atomic E-state index is -0.118. The highest BCUT2D eigenvalue weighted by Gasteiger charge is 2.03. The molecular weight excluding hydrogens is 256 g/mol. The van der Waals surface area contributed by atoms with E-state index in [1.165, 1.54) is 6.33 Å². The molecule has 0 aliphatic carbocycles. The van der Waals surface area contributed by atoms with E-state index in [4.69, 9.17) is 4.74 Å². The van der Waals surface area contributed by atoms with E-state index in [2.05, 4.69) is 20.6 Å². The Morgan fingerprint density at radius 2 is 2.25 bits per heavy atom. The van der Waals surface area contributed by atoms with Crippen molar-refractivity contribution < 1.29 is 9.53 Å². The summed E-state index contributed by atoms with van der Waals surface area (Å²) in [5, 5.41) is 5.81. The van der Waals surface area contributed by atoms with Gasteiger partial charge in [-0.2, -0.15) is 0 Å². The predicted octanol–water partition coefficient (Wildman–Crippen LogP) is 1.21. The standard InChI is InChI=1S/C14H16N4O2/c1-20-13-4-2-3-11(7-13)18-14(19)9-16-8-12-5-6-15-10-17-12/h2-7,10,16H,8-9H2,1H3,(H,18,19). The minimum absolute atomic E-state index is 0.118. The Labute approximate surface area is 117 Å². The van der Waals surface area contributed by atoms with Gasteiger partial charge >= 0.3 is 0 Å². The summed E-state index contributed by atoms with van der Waals surface area (Å²) < 4.78 is 5.09. The van der Waals surface area contributed by atoms with Gasteiger partial charge in [0.1, 0.15) is 12.1 Å². The fraction of sp³-hybridized carbons (Fsp3) is 0.214. The van der Waals surface area contributed by atoms with Gasteiger partial charge in [0.05, 0.1) is 19.3 Å². The first kappa shape index (κ1) is 14.0. The molecule has 1 aromatic carbocycles. The Hall–Kier alpha value is -2.47. The lowest BCUT2D eigenvalue weighted by molar-refractivity contribution is -0.115. The highest BCUT2D eigenvalue weighted by atomic mass is 16.5. The van der Waals surface area contributed by atoms with Crippen molar-refractivity contribution in [2.45, 2.75) is 6.54 Å². The van der Waals surface area contributed by atoms with Crippen molar-refractivity contribution >= 4 is 11.6 Å². The van der Waals surface area contributed by atoms with Crippen LogP contribution in [0.5, 0.6) is 5.75 Å². The third kappa shape index (κ3) is 4.33. The summed E-state index contributed by atoms with van der Waals surface area (Å²) in [6.07, 6.45) is 3.15. The summed E-state index contributed by atoms with van der Waals surface area (Å²) in [7, 11) is 1.59. The molecule has 104 valence electrons. The molecule has 0 aliphatic rings. The predicted molar refractivity (Wildman–Crippen MR) is 75.4 cm³/mol. The van der Waals surface area contributed by atoms with Crippen LogP contribution in [0.2, 0.25) is 0 Å². The second-order valence-electron chi connectivity index (χ2n) is 4.08. The first-order valence-electron chi connectivity index (χ1n) is 6.17. The van der Waals surface area contributed by atoms with Crippen molar-refractivity contribution in [3.63, 3.8) is 0 Å². The summed E-state index contributed by atoms with van der Waals surface area (Å²) in [6.45, 7) is 0.731. The maximum absolute atomic E-state index is 11.8. The van der Waals surface area contributed by atoms with E-state index in [1.54, 1.807) is 25.4 Å². The number of hydrogen-bond acceptors (Lipinski definition) is 5. The molecule has 2 rings (SSSR count). The zero-order chi connectivity index (χ0) is 14.2. The largest absolute Gasteiger partial charge is 0.497 e. The molecule has 0 atom stereocenters. The second kappa shape index (κ2) is 7.20. The highest BCUT2D eigenvalue weighted by molar-refractivity contribution is 5.92. The first-order chi connectivity index (χ1) is 9.78. The first-order valence-corrected chi connectivity index (χ1v) is 6.17. The molecule has 0 unspecified atom stereocenters. The number of methoxy groups -OCH3 is 1. The third-order valence-corrected chi connectivity index (χ3v) is 2.59. The Bertz CT molecular complexity index is 560. The number of carbonyl (C=O) groups excluding carboxylic acids is 1. The lowest BCUT2D eigenvalue weighted by Crippen LogP contribution is -2.28. The molecule has 2 aromatic rings. The fourth-order valence-corrected chi connectivity index (χ4v) is 1.63. The number of nitrogens with zero attached hydrogens (tertiary/aromatic N) is 2. The van der Waals surface area contributed by atoms with E-state index in [0.717, 1.165) is 5.69 Å². The molecule has 1 amide bonds. The Balaban J connectivity index is 1.77. The second-order valence-corrected chi connectivity index (χ2v) is 4.08. The number of ether oxygens (including phenoxy) is 1. The van der Waals surface area contributed by atoms with Crippen LogP contribution >= 0.6 is 0 Å². The topological polar surface area (TPSA) is 76.1 Å². The summed E-state index contributed by atoms with van der Waals surface area (Å²) in [5.41, 5.74) is 1.55. The van der Waals surface area contributed by atoms with Crippen molar-refractivity contribution in [2.24, 2.45) is 0 Å². The molecule has 1 aromatic heterocycles. The summed E-state index contributed by atoms with van der Waals surface area (Å²) >= 11 is 0. The molecule has 1 heterocycles. The van der Waals surface area contributed by atoms with Crippen LogP contribution in [0.4, 0.5) is 5.69 Å². The van der Waals surface area contributed by atoms with Crippen LogP contribution in [-0.2, 0) is 11.3 Å². The van der Waals surface area contributed by atoms with Crippen molar-refractivity contribution in [1.29, 1.82) is 0 Å². The van der Waals surface area contributed by atoms with Crippen LogP contribution in [-0.4, -0.2) is 29.5 Å². The number of anilines is 1. The van der Waals surface area contributed by atoms with Gasteiger partial charge in [0.2, 0.25) is 5.91 Å². The van der Waals surface area contributed by atoms with Gasteiger partial charge < -0.3 is 15.4 Å². The molecule has 20 heavy (non-hydrogen) atoms. The minimum Gasteiger partial charge on any atom is -0.497 e. The van der Waals surface area contributed by atoms with E-state index in [-0.39, 0.29) is 12.5 Å². The van der Waals surface area contributed by atoms with E-state index < -0.39 is 0 Å². The number of aromatic nitrogens is 2. The summed E-state index contributed by atoms with van der Waals surface area (Å²) in [4.78, 5) is 19.6. The highest BCUT2D eigenvalue weighted by Crippen LogP contribution is 2.16. The molecule has 0 bridgehead atoms. The number of nitrogens with one attached hydrogen (secondary N) is 2. The van der Waals surface area contributed by atoms with Crippen LogP contribution < -0.4 is 15.4 Å². The summed E-state index contributed by atoms with van der Waals surface area (Å²) in [6, 6.07) is 9.02. The Kier molecular flexibility index (Phi) is 5.02. The van der Waals surface area contributed by atoms with Gasteiger partial charge in [-0.05, 0) is 18.2 Å². The Morgan fingerprint density at radius 3 is 3.00 bits per heavy atom. The van der Waals surface area contributed by atoms with E-state index in [9.17, 15) is 4.79 Å². The number of amides is 1. The molecule has 0 radical (unpaired) electrons. The van der Waals surface area contributed by atoms with E-state index in [0.29, 0.717) is 18.0 Å². The normalized spacial score (nSPS) is 10.1. The zero-order valence-corrected chi connectivity index (χ0v) is 11.2. The molecule has 0 aliphatic heterocycles. The van der Waals surface area contributed by atoms with Crippen molar-refractivity contribution in [1.82, 2.24) is 15.3 Å². The monoisotopic (exact) mass is 272 g/mol. The Morgan fingerprint density at radius 1 is 1.35 bits per heavy atom. The van der Waals surface area contributed by atoms with Crippen LogP contribution in [0.1, 0.15) is 5.69 Å². The molecule has 6 nitrogen and oxygen atoms in total. The molecule has 0 spiro atoms. The molecular formula is C14H16N4O2. The molecule has 0 saturated heterocycles. The van der Waals surface area contributed by atoms with Gasteiger partial charge in [-0.25, -0.2) is 9.97 Å². The average Bonchev–Trinajstić information content (AvgIpc) is 2.48. The maximum atomic E-state index is 11.8. The molecule has 2 N–H and O–H groups in total. The van der Waals surface area contributed by atoms with Gasteiger partial charge in [-0.15, -0.1) is 0 Å². The van der Waals surface area contributed by atoms with Crippen LogP contribution in [0, 0.1) is 0 Å². The number of hydrogen-bond donors (Lipinski definition) is 2. The molecule has 0 saturated carbocycles. The molecule has 6 heteroatoms. The van der Waals surface area contributed by atoms with Gasteiger partial charge in [0.25, 0.3) is 0 Å². The lowest BCUT2D eigenvalue weighted by atomic mass is 10.3. The van der Waals surface area contributed by atoms with Crippen molar-refractivity contribution in [2.75, 3.05) is 19.0 Å². The van der Waals surface area contributed by atoms with Gasteiger partial charge in [-0.1, -0.05) is 6.07 Å². The van der Waals surface area contributed by atoms with Crippen LogP contribution in [0.3, 0.4) is 0 Å². The van der Waals surface area contributed by atoms with Gasteiger partial charge in [0, 0.05) is 24.5 Å². The number of benzene rings is 1.